The van der Waals surface area contributed by atoms with Crippen molar-refractivity contribution in [2.75, 3.05) is 0 Å². The van der Waals surface area contributed by atoms with Gasteiger partial charge in [0.2, 0.25) is 0 Å². The first-order valence-electron chi connectivity index (χ1n) is 5.31. The second-order valence-electron chi connectivity index (χ2n) is 3.56. The molecule has 0 aliphatic heterocycles. The first-order valence-corrected chi connectivity index (χ1v) is 5.31. The van der Waals surface area contributed by atoms with Gasteiger partial charge in [0.25, 0.3) is 0 Å². The van der Waals surface area contributed by atoms with Crippen molar-refractivity contribution in [3.05, 3.63) is 72.8 Å². The van der Waals surface area contributed by atoms with Gasteiger partial charge < -0.3 is 4.74 Å². The van der Waals surface area contributed by atoms with Gasteiger partial charge in [-0.15, -0.1) is 6.58 Å². The molecule has 2 rings (SSSR count). The van der Waals surface area contributed by atoms with E-state index < -0.39 is 0 Å². The fourth-order valence-corrected chi connectivity index (χ4v) is 1.53. The van der Waals surface area contributed by atoms with Crippen LogP contribution in [0.15, 0.2) is 67.3 Å². The van der Waals surface area contributed by atoms with E-state index >= 15 is 0 Å². The minimum absolute atomic E-state index is 0.859. The Morgan fingerprint density at radius 1 is 0.938 bits per heavy atom. The highest BCUT2D eigenvalue weighted by Gasteiger charge is 1.97. The fraction of sp³-hybridized carbons (Fsp3) is 0.0667. The third-order valence-corrected chi connectivity index (χ3v) is 2.26. The lowest BCUT2D eigenvalue weighted by Crippen LogP contribution is -1.86. The quantitative estimate of drug-likeness (QED) is 0.687. The summed E-state index contributed by atoms with van der Waals surface area (Å²) in [6.45, 7) is 3.73. The molecule has 1 nitrogen and oxygen atoms in total. The summed E-state index contributed by atoms with van der Waals surface area (Å²) in [7, 11) is 0. The SMILES string of the molecule is C=CCc1cccc(Oc2ccccc2)c1. The molecule has 80 valence electrons. The molecule has 0 radical (unpaired) electrons. The fourth-order valence-electron chi connectivity index (χ4n) is 1.53. The van der Waals surface area contributed by atoms with Crippen molar-refractivity contribution in [1.82, 2.24) is 0 Å². The Hall–Kier alpha value is -2.02. The number of hydrogen-bond donors (Lipinski definition) is 0. The van der Waals surface area contributed by atoms with Crippen LogP contribution in [0.1, 0.15) is 5.56 Å². The molecule has 0 heterocycles. The molecule has 0 saturated carbocycles. The van der Waals surface area contributed by atoms with Crippen LogP contribution in [0, 0.1) is 0 Å². The van der Waals surface area contributed by atoms with Gasteiger partial charge in [-0.2, -0.15) is 0 Å². The standard InChI is InChI=1S/C15H14O/c1-2-7-13-8-6-11-15(12-13)16-14-9-4-3-5-10-14/h2-6,8-12H,1,7H2. The molecule has 0 aliphatic rings. The van der Waals surface area contributed by atoms with Gasteiger partial charge in [-0.3, -0.25) is 0 Å². The zero-order chi connectivity index (χ0) is 11.2. The molecule has 2 aromatic carbocycles. The van der Waals surface area contributed by atoms with E-state index in [1.807, 2.05) is 54.6 Å². The second-order valence-corrected chi connectivity index (χ2v) is 3.56. The Bertz CT molecular complexity index is 460. The number of allylic oxidation sites excluding steroid dienone is 1. The van der Waals surface area contributed by atoms with Gasteiger partial charge in [0.1, 0.15) is 11.5 Å². The van der Waals surface area contributed by atoms with Gasteiger partial charge in [-0.05, 0) is 36.2 Å². The number of para-hydroxylation sites is 1. The van der Waals surface area contributed by atoms with E-state index in [2.05, 4.69) is 12.6 Å². The maximum Gasteiger partial charge on any atom is 0.127 e. The van der Waals surface area contributed by atoms with Crippen LogP contribution >= 0.6 is 0 Å². The van der Waals surface area contributed by atoms with Crippen LogP contribution in [0.3, 0.4) is 0 Å². The maximum atomic E-state index is 5.73. The Morgan fingerprint density at radius 3 is 2.44 bits per heavy atom. The monoisotopic (exact) mass is 210 g/mol. The summed E-state index contributed by atoms with van der Waals surface area (Å²) >= 11 is 0. The predicted molar refractivity (Wildman–Crippen MR) is 66.9 cm³/mol. The molecule has 0 fully saturated rings. The van der Waals surface area contributed by atoms with Gasteiger partial charge in [0, 0.05) is 0 Å². The third-order valence-electron chi connectivity index (χ3n) is 2.26. The van der Waals surface area contributed by atoms with Gasteiger partial charge in [-0.25, -0.2) is 0 Å². The molecule has 0 N–H and O–H groups in total. The Labute approximate surface area is 96.0 Å². The van der Waals surface area contributed by atoms with E-state index in [1.165, 1.54) is 5.56 Å². The Morgan fingerprint density at radius 2 is 1.69 bits per heavy atom. The van der Waals surface area contributed by atoms with Crippen LogP contribution in [-0.4, -0.2) is 0 Å². The van der Waals surface area contributed by atoms with Crippen LogP contribution < -0.4 is 4.74 Å². The summed E-state index contributed by atoms with van der Waals surface area (Å²) in [5.41, 5.74) is 1.21. The third kappa shape index (κ3) is 2.74. The van der Waals surface area contributed by atoms with Gasteiger partial charge in [0.15, 0.2) is 0 Å². The molecular weight excluding hydrogens is 196 g/mol. The van der Waals surface area contributed by atoms with E-state index in [0.29, 0.717) is 0 Å². The average molecular weight is 210 g/mol. The highest BCUT2D eigenvalue weighted by molar-refractivity contribution is 5.34. The first-order chi connectivity index (χ1) is 7.88. The van der Waals surface area contributed by atoms with Crippen LogP contribution in [0.4, 0.5) is 0 Å². The highest BCUT2D eigenvalue weighted by Crippen LogP contribution is 2.21. The van der Waals surface area contributed by atoms with E-state index in [4.69, 9.17) is 4.74 Å². The van der Waals surface area contributed by atoms with Crippen LogP contribution in [0.2, 0.25) is 0 Å². The van der Waals surface area contributed by atoms with Crippen LogP contribution in [0.5, 0.6) is 11.5 Å². The lowest BCUT2D eigenvalue weighted by atomic mass is 10.1. The largest absolute Gasteiger partial charge is 0.457 e. The van der Waals surface area contributed by atoms with Crippen molar-refractivity contribution in [1.29, 1.82) is 0 Å². The number of benzene rings is 2. The van der Waals surface area contributed by atoms with Gasteiger partial charge in [-0.1, -0.05) is 36.4 Å². The average Bonchev–Trinajstić information content (AvgIpc) is 2.31. The molecule has 0 bridgehead atoms. The summed E-state index contributed by atoms with van der Waals surface area (Å²) in [4.78, 5) is 0. The van der Waals surface area contributed by atoms with Crippen molar-refractivity contribution in [3.8, 4) is 11.5 Å². The molecule has 2 aromatic rings. The molecule has 0 atom stereocenters. The molecule has 0 unspecified atom stereocenters. The maximum absolute atomic E-state index is 5.73. The van der Waals surface area contributed by atoms with Gasteiger partial charge in [0.05, 0.1) is 0 Å². The molecular formula is C15H14O. The minimum Gasteiger partial charge on any atom is -0.457 e. The van der Waals surface area contributed by atoms with E-state index in [9.17, 15) is 0 Å². The smallest absolute Gasteiger partial charge is 0.127 e. The molecule has 0 aromatic heterocycles. The lowest BCUT2D eigenvalue weighted by Gasteiger charge is -2.06. The first kappa shape index (κ1) is 10.5. The summed E-state index contributed by atoms with van der Waals surface area (Å²) < 4.78 is 5.73. The normalized spacial score (nSPS) is 9.75. The highest BCUT2D eigenvalue weighted by atomic mass is 16.5. The predicted octanol–water partition coefficient (Wildman–Crippen LogP) is 4.21. The molecule has 0 saturated heterocycles. The van der Waals surface area contributed by atoms with Crippen molar-refractivity contribution in [2.45, 2.75) is 6.42 Å². The number of hydrogen-bond acceptors (Lipinski definition) is 1. The molecule has 0 aliphatic carbocycles. The van der Waals surface area contributed by atoms with Crippen LogP contribution in [-0.2, 0) is 6.42 Å². The zero-order valence-corrected chi connectivity index (χ0v) is 9.10. The Balaban J connectivity index is 2.15. The molecule has 1 heteroatoms. The summed E-state index contributed by atoms with van der Waals surface area (Å²) in [6, 6.07) is 17.8. The second kappa shape index (κ2) is 5.17. The summed E-state index contributed by atoms with van der Waals surface area (Å²) in [6.07, 6.45) is 2.76. The molecule has 0 spiro atoms. The van der Waals surface area contributed by atoms with E-state index in [0.717, 1.165) is 17.9 Å². The lowest BCUT2D eigenvalue weighted by molar-refractivity contribution is 0.482. The molecule has 16 heavy (non-hydrogen) atoms. The van der Waals surface area contributed by atoms with Crippen molar-refractivity contribution >= 4 is 0 Å². The van der Waals surface area contributed by atoms with Crippen molar-refractivity contribution in [2.24, 2.45) is 0 Å². The molecule has 0 amide bonds. The van der Waals surface area contributed by atoms with Crippen molar-refractivity contribution in [3.63, 3.8) is 0 Å². The van der Waals surface area contributed by atoms with Crippen LogP contribution in [0.25, 0.3) is 0 Å². The number of ether oxygens (including phenoxy) is 1. The Kier molecular flexibility index (Phi) is 3.39. The minimum atomic E-state index is 0.859. The number of rotatable bonds is 4. The van der Waals surface area contributed by atoms with E-state index in [-0.39, 0.29) is 0 Å². The summed E-state index contributed by atoms with van der Waals surface area (Å²) in [5, 5.41) is 0. The summed E-state index contributed by atoms with van der Waals surface area (Å²) in [5.74, 6) is 1.73. The zero-order valence-electron chi connectivity index (χ0n) is 9.10. The topological polar surface area (TPSA) is 9.23 Å². The van der Waals surface area contributed by atoms with Gasteiger partial charge >= 0.3 is 0 Å². The van der Waals surface area contributed by atoms with Crippen molar-refractivity contribution < 1.29 is 4.74 Å². The van der Waals surface area contributed by atoms with E-state index in [1.54, 1.807) is 0 Å².